The molecule has 0 aliphatic heterocycles. The number of nitrogens with two attached hydrogens (primary N) is 1. The summed E-state index contributed by atoms with van der Waals surface area (Å²) in [5.74, 6) is -0.287. The fourth-order valence-corrected chi connectivity index (χ4v) is 2.24. The largest absolute Gasteiger partial charge is 0.397 e. The second-order valence-corrected chi connectivity index (χ2v) is 5.02. The molecule has 0 aliphatic rings. The molecule has 1 amide bonds. The number of nitrogens with one attached hydrogen (secondary N) is 1. The maximum atomic E-state index is 12.2. The standard InChI is InChI=1S/C15H16ClN3O/c1-9-5-3-4-6-12(9)10(2)19-15(20)13-7-11(17)8-18-14(13)16/h3-8,10H,17H2,1-2H3,(H,19,20). The van der Waals surface area contributed by atoms with Gasteiger partial charge in [-0.2, -0.15) is 0 Å². The summed E-state index contributed by atoms with van der Waals surface area (Å²) < 4.78 is 0. The highest BCUT2D eigenvalue weighted by molar-refractivity contribution is 6.32. The average molecular weight is 290 g/mol. The maximum absolute atomic E-state index is 12.2. The first-order valence-electron chi connectivity index (χ1n) is 6.26. The summed E-state index contributed by atoms with van der Waals surface area (Å²) in [6, 6.07) is 9.30. The number of benzene rings is 1. The highest BCUT2D eigenvalue weighted by Gasteiger charge is 2.16. The lowest BCUT2D eigenvalue weighted by molar-refractivity contribution is 0.0939. The van der Waals surface area contributed by atoms with E-state index in [1.54, 1.807) is 0 Å². The number of rotatable bonds is 3. The highest BCUT2D eigenvalue weighted by Crippen LogP contribution is 2.20. The van der Waals surface area contributed by atoms with Gasteiger partial charge in [0.05, 0.1) is 23.5 Å². The van der Waals surface area contributed by atoms with Crippen LogP contribution in [0.1, 0.15) is 34.5 Å². The number of carbonyl (C=O) groups excluding carboxylic acids is 1. The third-order valence-corrected chi connectivity index (χ3v) is 3.41. The first kappa shape index (κ1) is 14.3. The van der Waals surface area contributed by atoms with E-state index in [0.29, 0.717) is 5.69 Å². The van der Waals surface area contributed by atoms with Gasteiger partial charge in [-0.3, -0.25) is 4.79 Å². The van der Waals surface area contributed by atoms with Crippen LogP contribution in [-0.4, -0.2) is 10.9 Å². The van der Waals surface area contributed by atoms with E-state index in [2.05, 4.69) is 10.3 Å². The van der Waals surface area contributed by atoms with Crippen molar-refractivity contribution in [3.63, 3.8) is 0 Å². The summed E-state index contributed by atoms with van der Waals surface area (Å²) in [6.07, 6.45) is 1.42. The maximum Gasteiger partial charge on any atom is 0.254 e. The van der Waals surface area contributed by atoms with Crippen molar-refractivity contribution in [3.05, 3.63) is 58.4 Å². The van der Waals surface area contributed by atoms with Crippen molar-refractivity contribution in [1.29, 1.82) is 0 Å². The fourth-order valence-electron chi connectivity index (χ4n) is 2.05. The third kappa shape index (κ3) is 3.08. The summed E-state index contributed by atoms with van der Waals surface area (Å²) in [6.45, 7) is 3.93. The van der Waals surface area contributed by atoms with Crippen molar-refractivity contribution in [2.24, 2.45) is 0 Å². The molecule has 20 heavy (non-hydrogen) atoms. The van der Waals surface area contributed by atoms with E-state index in [1.165, 1.54) is 12.3 Å². The Balaban J connectivity index is 2.20. The normalized spacial score (nSPS) is 11.9. The minimum atomic E-state index is -0.287. The Morgan fingerprint density at radius 1 is 1.40 bits per heavy atom. The number of hydrogen-bond donors (Lipinski definition) is 2. The second-order valence-electron chi connectivity index (χ2n) is 4.66. The zero-order chi connectivity index (χ0) is 14.7. The summed E-state index contributed by atoms with van der Waals surface area (Å²) in [5.41, 5.74) is 8.51. The van der Waals surface area contributed by atoms with E-state index < -0.39 is 0 Å². The van der Waals surface area contributed by atoms with Crippen LogP contribution in [0.5, 0.6) is 0 Å². The molecule has 0 spiro atoms. The summed E-state index contributed by atoms with van der Waals surface area (Å²) in [4.78, 5) is 16.1. The van der Waals surface area contributed by atoms with Crippen LogP contribution in [0.15, 0.2) is 36.5 Å². The Kier molecular flexibility index (Phi) is 4.25. The van der Waals surface area contributed by atoms with Gasteiger partial charge in [0.15, 0.2) is 0 Å². The minimum Gasteiger partial charge on any atom is -0.397 e. The number of nitrogens with zero attached hydrogens (tertiary/aromatic N) is 1. The molecular formula is C15H16ClN3O. The summed E-state index contributed by atoms with van der Waals surface area (Å²) >= 11 is 5.92. The van der Waals surface area contributed by atoms with Gasteiger partial charge in [0.25, 0.3) is 5.91 Å². The summed E-state index contributed by atoms with van der Waals surface area (Å²) in [5, 5.41) is 3.05. The molecule has 1 unspecified atom stereocenters. The van der Waals surface area contributed by atoms with Crippen LogP contribution in [0.25, 0.3) is 0 Å². The highest BCUT2D eigenvalue weighted by atomic mass is 35.5. The molecule has 1 atom stereocenters. The smallest absolute Gasteiger partial charge is 0.254 e. The van der Waals surface area contributed by atoms with Gasteiger partial charge >= 0.3 is 0 Å². The molecule has 2 aromatic rings. The molecule has 3 N–H and O–H groups in total. The van der Waals surface area contributed by atoms with Crippen molar-refractivity contribution in [2.75, 3.05) is 5.73 Å². The Morgan fingerprint density at radius 3 is 2.80 bits per heavy atom. The molecule has 5 heteroatoms. The molecule has 1 aromatic carbocycles. The van der Waals surface area contributed by atoms with Gasteiger partial charge in [-0.25, -0.2) is 4.98 Å². The predicted octanol–water partition coefficient (Wildman–Crippen LogP) is 3.12. The number of aryl methyl sites for hydroxylation is 1. The van der Waals surface area contributed by atoms with Crippen molar-refractivity contribution >= 4 is 23.2 Å². The van der Waals surface area contributed by atoms with Crippen molar-refractivity contribution in [3.8, 4) is 0 Å². The fraction of sp³-hybridized carbons (Fsp3) is 0.200. The van der Waals surface area contributed by atoms with E-state index in [4.69, 9.17) is 17.3 Å². The molecule has 104 valence electrons. The number of carbonyl (C=O) groups is 1. The molecule has 1 heterocycles. The summed E-state index contributed by atoms with van der Waals surface area (Å²) in [7, 11) is 0. The van der Waals surface area contributed by atoms with E-state index >= 15 is 0 Å². The molecular weight excluding hydrogens is 274 g/mol. The topological polar surface area (TPSA) is 68.0 Å². The van der Waals surface area contributed by atoms with Crippen molar-refractivity contribution in [2.45, 2.75) is 19.9 Å². The van der Waals surface area contributed by atoms with E-state index in [9.17, 15) is 4.79 Å². The first-order valence-corrected chi connectivity index (χ1v) is 6.64. The Morgan fingerprint density at radius 2 is 2.10 bits per heavy atom. The molecule has 0 radical (unpaired) electrons. The van der Waals surface area contributed by atoms with Crippen LogP contribution in [0.2, 0.25) is 5.15 Å². The molecule has 0 saturated heterocycles. The average Bonchev–Trinajstić information content (AvgIpc) is 2.41. The van der Waals surface area contributed by atoms with Gasteiger partial charge in [0, 0.05) is 0 Å². The van der Waals surface area contributed by atoms with E-state index in [-0.39, 0.29) is 22.7 Å². The lowest BCUT2D eigenvalue weighted by atomic mass is 10.0. The van der Waals surface area contributed by atoms with Gasteiger partial charge in [0.2, 0.25) is 0 Å². The van der Waals surface area contributed by atoms with E-state index in [1.807, 2.05) is 38.1 Å². The monoisotopic (exact) mass is 289 g/mol. The number of anilines is 1. The van der Waals surface area contributed by atoms with Crippen LogP contribution < -0.4 is 11.1 Å². The van der Waals surface area contributed by atoms with Gasteiger partial charge in [-0.1, -0.05) is 35.9 Å². The number of pyridine rings is 1. The Hall–Kier alpha value is -2.07. The van der Waals surface area contributed by atoms with Gasteiger partial charge in [-0.05, 0) is 31.0 Å². The van der Waals surface area contributed by atoms with Crippen LogP contribution in [0, 0.1) is 6.92 Å². The van der Waals surface area contributed by atoms with E-state index in [0.717, 1.165) is 11.1 Å². The number of aromatic nitrogens is 1. The number of hydrogen-bond acceptors (Lipinski definition) is 3. The minimum absolute atomic E-state index is 0.124. The van der Waals surface area contributed by atoms with Crippen LogP contribution in [0.4, 0.5) is 5.69 Å². The van der Waals surface area contributed by atoms with Gasteiger partial charge in [0.1, 0.15) is 5.15 Å². The Bertz CT molecular complexity index is 643. The first-order chi connectivity index (χ1) is 9.49. The van der Waals surface area contributed by atoms with Crippen LogP contribution in [0.3, 0.4) is 0 Å². The lowest BCUT2D eigenvalue weighted by Gasteiger charge is -2.17. The third-order valence-electron chi connectivity index (χ3n) is 3.11. The molecule has 0 saturated carbocycles. The lowest BCUT2D eigenvalue weighted by Crippen LogP contribution is -2.27. The number of amides is 1. The van der Waals surface area contributed by atoms with Gasteiger partial charge < -0.3 is 11.1 Å². The molecule has 2 rings (SSSR count). The quantitative estimate of drug-likeness (QED) is 0.853. The van der Waals surface area contributed by atoms with Crippen LogP contribution >= 0.6 is 11.6 Å². The Labute approximate surface area is 123 Å². The molecule has 0 bridgehead atoms. The predicted molar refractivity (Wildman–Crippen MR) is 80.7 cm³/mol. The SMILES string of the molecule is Cc1ccccc1C(C)NC(=O)c1cc(N)cnc1Cl. The van der Waals surface area contributed by atoms with Crippen LogP contribution in [-0.2, 0) is 0 Å². The molecule has 1 aromatic heterocycles. The second kappa shape index (κ2) is 5.92. The van der Waals surface area contributed by atoms with Gasteiger partial charge in [-0.15, -0.1) is 0 Å². The number of halogens is 1. The zero-order valence-electron chi connectivity index (χ0n) is 11.4. The van der Waals surface area contributed by atoms with Crippen molar-refractivity contribution in [1.82, 2.24) is 10.3 Å². The molecule has 4 nitrogen and oxygen atoms in total. The zero-order valence-corrected chi connectivity index (χ0v) is 12.1. The van der Waals surface area contributed by atoms with Crippen molar-refractivity contribution < 1.29 is 4.79 Å². The molecule has 0 fully saturated rings. The molecule has 0 aliphatic carbocycles. The number of nitrogen functional groups attached to an aromatic ring is 1.